The molecular weight excluding hydrogens is 266 g/mol. The lowest BCUT2D eigenvalue weighted by Gasteiger charge is -2.18. The molecule has 106 valence electrons. The summed E-state index contributed by atoms with van der Waals surface area (Å²) in [6.07, 6.45) is 1.12. The Morgan fingerprint density at radius 3 is 2.30 bits per heavy atom. The maximum atomic E-state index is 5.97. The van der Waals surface area contributed by atoms with E-state index < -0.39 is 0 Å². The standard InChI is InChI=1S/C18H22ClN/c1-13(2)11-14-5-4-6-16(12-14)18(20-3)15-7-9-17(19)10-8-15/h4-10,12-13,18,20H,11H2,1-3H3. The van der Waals surface area contributed by atoms with Crippen LogP contribution in [0.3, 0.4) is 0 Å². The third kappa shape index (κ3) is 3.84. The van der Waals surface area contributed by atoms with Gasteiger partial charge in [0.05, 0.1) is 6.04 Å². The quantitative estimate of drug-likeness (QED) is 0.829. The van der Waals surface area contributed by atoms with Crippen molar-refractivity contribution in [3.8, 4) is 0 Å². The van der Waals surface area contributed by atoms with E-state index in [-0.39, 0.29) is 6.04 Å². The Morgan fingerprint density at radius 2 is 1.70 bits per heavy atom. The number of hydrogen-bond acceptors (Lipinski definition) is 1. The summed E-state index contributed by atoms with van der Waals surface area (Å²) in [6, 6.07) is 17.1. The first-order valence-corrected chi connectivity index (χ1v) is 7.49. The molecule has 20 heavy (non-hydrogen) atoms. The van der Waals surface area contributed by atoms with Gasteiger partial charge in [0.1, 0.15) is 0 Å². The van der Waals surface area contributed by atoms with E-state index in [1.54, 1.807) is 0 Å². The molecule has 0 amide bonds. The van der Waals surface area contributed by atoms with Crippen LogP contribution in [0.15, 0.2) is 48.5 Å². The Labute approximate surface area is 127 Å². The van der Waals surface area contributed by atoms with Crippen LogP contribution in [0.4, 0.5) is 0 Å². The lowest BCUT2D eigenvalue weighted by atomic mass is 9.95. The average Bonchev–Trinajstić information content (AvgIpc) is 2.41. The van der Waals surface area contributed by atoms with Gasteiger partial charge in [0.2, 0.25) is 0 Å². The molecule has 1 N–H and O–H groups in total. The third-order valence-electron chi connectivity index (χ3n) is 3.42. The van der Waals surface area contributed by atoms with Gasteiger partial charge in [-0.25, -0.2) is 0 Å². The molecule has 0 spiro atoms. The first-order chi connectivity index (χ1) is 9.60. The fraction of sp³-hybridized carbons (Fsp3) is 0.333. The molecule has 0 saturated carbocycles. The van der Waals surface area contributed by atoms with Gasteiger partial charge in [0.25, 0.3) is 0 Å². The highest BCUT2D eigenvalue weighted by Crippen LogP contribution is 2.24. The summed E-state index contributed by atoms with van der Waals surface area (Å²) in [5.74, 6) is 0.675. The molecule has 0 fully saturated rings. The summed E-state index contributed by atoms with van der Waals surface area (Å²) in [6.45, 7) is 4.50. The third-order valence-corrected chi connectivity index (χ3v) is 3.67. The fourth-order valence-electron chi connectivity index (χ4n) is 2.55. The zero-order valence-electron chi connectivity index (χ0n) is 12.4. The van der Waals surface area contributed by atoms with Crippen LogP contribution in [0, 0.1) is 5.92 Å². The molecular formula is C18H22ClN. The zero-order chi connectivity index (χ0) is 14.5. The normalized spacial score (nSPS) is 12.7. The molecule has 1 atom stereocenters. The molecule has 0 aromatic heterocycles. The van der Waals surface area contributed by atoms with Crippen molar-refractivity contribution in [1.82, 2.24) is 5.32 Å². The summed E-state index contributed by atoms with van der Waals surface area (Å²) >= 11 is 5.97. The molecule has 2 heteroatoms. The van der Waals surface area contributed by atoms with Crippen LogP contribution in [0.2, 0.25) is 5.02 Å². The van der Waals surface area contributed by atoms with Gasteiger partial charge in [-0.1, -0.05) is 61.8 Å². The van der Waals surface area contributed by atoms with Crippen LogP contribution >= 0.6 is 11.6 Å². The smallest absolute Gasteiger partial charge is 0.0574 e. The van der Waals surface area contributed by atoms with Crippen molar-refractivity contribution in [3.05, 3.63) is 70.2 Å². The van der Waals surface area contributed by atoms with E-state index in [4.69, 9.17) is 11.6 Å². The van der Waals surface area contributed by atoms with Crippen molar-refractivity contribution < 1.29 is 0 Å². The van der Waals surface area contributed by atoms with Crippen LogP contribution in [0.5, 0.6) is 0 Å². The second kappa shape index (κ2) is 6.92. The second-order valence-corrected chi connectivity index (χ2v) is 6.05. The van der Waals surface area contributed by atoms with Gasteiger partial charge in [0, 0.05) is 5.02 Å². The largest absolute Gasteiger partial charge is 0.309 e. The van der Waals surface area contributed by atoms with Crippen LogP contribution < -0.4 is 5.32 Å². The highest BCUT2D eigenvalue weighted by atomic mass is 35.5. The Balaban J connectivity index is 2.29. The predicted octanol–water partition coefficient (Wildman–Crippen LogP) is 4.85. The van der Waals surface area contributed by atoms with E-state index in [2.05, 4.69) is 55.6 Å². The van der Waals surface area contributed by atoms with Crippen LogP contribution in [-0.4, -0.2) is 7.05 Å². The Kier molecular flexibility index (Phi) is 5.22. The Morgan fingerprint density at radius 1 is 1.00 bits per heavy atom. The van der Waals surface area contributed by atoms with Crippen molar-refractivity contribution in [3.63, 3.8) is 0 Å². The van der Waals surface area contributed by atoms with Crippen LogP contribution in [0.25, 0.3) is 0 Å². The number of nitrogens with one attached hydrogen (secondary N) is 1. The highest BCUT2D eigenvalue weighted by molar-refractivity contribution is 6.30. The maximum Gasteiger partial charge on any atom is 0.0574 e. The van der Waals surface area contributed by atoms with Crippen molar-refractivity contribution in [2.45, 2.75) is 26.3 Å². The molecule has 0 heterocycles. The first-order valence-electron chi connectivity index (χ1n) is 7.11. The van der Waals surface area contributed by atoms with Gasteiger partial charge in [-0.05, 0) is 48.2 Å². The minimum absolute atomic E-state index is 0.208. The Bertz CT molecular complexity index is 546. The van der Waals surface area contributed by atoms with Crippen molar-refractivity contribution in [1.29, 1.82) is 0 Å². The average molecular weight is 288 g/mol. The lowest BCUT2D eigenvalue weighted by molar-refractivity contribution is 0.643. The number of hydrogen-bond donors (Lipinski definition) is 1. The minimum atomic E-state index is 0.208. The van der Waals surface area contributed by atoms with Gasteiger partial charge in [-0.2, -0.15) is 0 Å². The number of benzene rings is 2. The molecule has 0 aliphatic carbocycles. The van der Waals surface area contributed by atoms with E-state index >= 15 is 0 Å². The van der Waals surface area contributed by atoms with Gasteiger partial charge in [-0.15, -0.1) is 0 Å². The Hall–Kier alpha value is -1.31. The molecule has 0 aliphatic rings. The summed E-state index contributed by atoms with van der Waals surface area (Å²) in [4.78, 5) is 0. The van der Waals surface area contributed by atoms with Gasteiger partial charge in [0.15, 0.2) is 0 Å². The van der Waals surface area contributed by atoms with Gasteiger partial charge >= 0.3 is 0 Å². The zero-order valence-corrected chi connectivity index (χ0v) is 13.1. The minimum Gasteiger partial charge on any atom is -0.309 e. The van der Waals surface area contributed by atoms with Gasteiger partial charge < -0.3 is 5.32 Å². The van der Waals surface area contributed by atoms with Crippen LogP contribution in [-0.2, 0) is 6.42 Å². The SMILES string of the molecule is CNC(c1ccc(Cl)cc1)c1cccc(CC(C)C)c1. The molecule has 0 radical (unpaired) electrons. The van der Waals surface area contributed by atoms with Gasteiger partial charge in [-0.3, -0.25) is 0 Å². The summed E-state index contributed by atoms with van der Waals surface area (Å²) in [5.41, 5.74) is 3.93. The maximum absolute atomic E-state index is 5.97. The lowest BCUT2D eigenvalue weighted by Crippen LogP contribution is -2.17. The van der Waals surface area contributed by atoms with E-state index in [1.807, 2.05) is 19.2 Å². The molecule has 1 unspecified atom stereocenters. The molecule has 2 aromatic carbocycles. The monoisotopic (exact) mass is 287 g/mol. The molecule has 0 saturated heterocycles. The van der Waals surface area contributed by atoms with E-state index in [9.17, 15) is 0 Å². The number of rotatable bonds is 5. The van der Waals surface area contributed by atoms with Crippen LogP contribution in [0.1, 0.15) is 36.6 Å². The highest BCUT2D eigenvalue weighted by Gasteiger charge is 2.12. The summed E-state index contributed by atoms with van der Waals surface area (Å²) < 4.78 is 0. The van der Waals surface area contributed by atoms with Crippen molar-refractivity contribution in [2.24, 2.45) is 5.92 Å². The van der Waals surface area contributed by atoms with Crippen molar-refractivity contribution in [2.75, 3.05) is 7.05 Å². The van der Waals surface area contributed by atoms with Crippen molar-refractivity contribution >= 4 is 11.6 Å². The van der Waals surface area contributed by atoms with E-state index in [0.29, 0.717) is 5.92 Å². The van der Waals surface area contributed by atoms with E-state index in [1.165, 1.54) is 16.7 Å². The fourth-order valence-corrected chi connectivity index (χ4v) is 2.68. The van der Waals surface area contributed by atoms with E-state index in [0.717, 1.165) is 11.4 Å². The molecule has 2 aromatic rings. The predicted molar refractivity (Wildman–Crippen MR) is 87.3 cm³/mol. The number of halogens is 1. The molecule has 1 nitrogen and oxygen atoms in total. The first kappa shape index (κ1) is 15.1. The molecule has 2 rings (SSSR count). The summed E-state index contributed by atoms with van der Waals surface area (Å²) in [7, 11) is 1.99. The second-order valence-electron chi connectivity index (χ2n) is 5.62. The summed E-state index contributed by atoms with van der Waals surface area (Å²) in [5, 5.41) is 4.17. The topological polar surface area (TPSA) is 12.0 Å². The molecule has 0 bridgehead atoms. The molecule has 0 aliphatic heterocycles.